The van der Waals surface area contributed by atoms with Crippen LogP contribution in [0.15, 0.2) is 36.8 Å². The second-order valence-electron chi connectivity index (χ2n) is 6.62. The molecule has 1 atom stereocenters. The van der Waals surface area contributed by atoms with Crippen molar-refractivity contribution >= 4 is 33.3 Å². The van der Waals surface area contributed by atoms with Crippen molar-refractivity contribution in [2.24, 2.45) is 7.05 Å². The van der Waals surface area contributed by atoms with Crippen LogP contribution >= 0.6 is 11.3 Å². The van der Waals surface area contributed by atoms with Gasteiger partial charge in [-0.1, -0.05) is 11.3 Å². The smallest absolute Gasteiger partial charge is 0.211 e. The highest BCUT2D eigenvalue weighted by molar-refractivity contribution is 7.15. The summed E-state index contributed by atoms with van der Waals surface area (Å²) in [6.07, 6.45) is 6.75. The Morgan fingerprint density at radius 3 is 2.96 bits per heavy atom. The number of anilines is 2. The lowest BCUT2D eigenvalue weighted by atomic mass is 10.1. The Balaban J connectivity index is 1.41. The summed E-state index contributed by atoms with van der Waals surface area (Å²) in [7, 11) is 1.90. The highest BCUT2D eigenvalue weighted by atomic mass is 32.1. The van der Waals surface area contributed by atoms with Crippen molar-refractivity contribution in [2.75, 3.05) is 18.4 Å². The van der Waals surface area contributed by atoms with E-state index in [1.807, 2.05) is 43.8 Å². The van der Waals surface area contributed by atoms with Gasteiger partial charge in [0.2, 0.25) is 5.13 Å². The van der Waals surface area contributed by atoms with Crippen LogP contribution in [0.4, 0.5) is 10.9 Å². The Morgan fingerprint density at radius 2 is 2.15 bits per heavy atom. The molecule has 1 saturated heterocycles. The van der Waals surface area contributed by atoms with Crippen LogP contribution in [-0.4, -0.2) is 43.0 Å². The normalized spacial score (nSPS) is 16.9. The van der Waals surface area contributed by atoms with Crippen LogP contribution in [0.3, 0.4) is 0 Å². The maximum absolute atomic E-state index is 4.70. The van der Waals surface area contributed by atoms with Crippen molar-refractivity contribution in [2.45, 2.75) is 12.3 Å². The van der Waals surface area contributed by atoms with E-state index in [-0.39, 0.29) is 0 Å². The molecule has 0 aromatic carbocycles. The van der Waals surface area contributed by atoms with Gasteiger partial charge in [-0.15, -0.1) is 10.2 Å². The zero-order valence-electron chi connectivity index (χ0n) is 14.8. The first-order valence-corrected chi connectivity index (χ1v) is 9.63. The number of nitrogens with zero attached hydrogens (tertiary/aromatic N) is 6. The fraction of sp³-hybridized carbons (Fsp3) is 0.278. The van der Waals surface area contributed by atoms with Crippen LogP contribution in [0.1, 0.15) is 17.3 Å². The van der Waals surface area contributed by atoms with Crippen LogP contribution in [-0.2, 0) is 7.05 Å². The molecule has 1 unspecified atom stereocenters. The van der Waals surface area contributed by atoms with Crippen LogP contribution in [0.2, 0.25) is 0 Å². The summed E-state index contributed by atoms with van der Waals surface area (Å²) in [4.78, 5) is 9.21. The van der Waals surface area contributed by atoms with Crippen molar-refractivity contribution in [1.29, 1.82) is 0 Å². The molecule has 8 nitrogen and oxygen atoms in total. The summed E-state index contributed by atoms with van der Waals surface area (Å²) in [5.74, 6) is 1.20. The molecule has 136 valence electrons. The Kier molecular flexibility index (Phi) is 4.02. The minimum absolute atomic E-state index is 0.467. The van der Waals surface area contributed by atoms with Crippen molar-refractivity contribution in [3.05, 3.63) is 41.8 Å². The van der Waals surface area contributed by atoms with E-state index in [2.05, 4.69) is 30.9 Å². The van der Waals surface area contributed by atoms with Gasteiger partial charge in [0.15, 0.2) is 0 Å². The van der Waals surface area contributed by atoms with Crippen LogP contribution < -0.4 is 10.6 Å². The van der Waals surface area contributed by atoms with Crippen molar-refractivity contribution in [3.8, 4) is 11.1 Å². The molecule has 0 radical (unpaired) electrons. The minimum Gasteiger partial charge on any atom is -0.316 e. The summed E-state index contributed by atoms with van der Waals surface area (Å²) in [5.41, 5.74) is 3.69. The van der Waals surface area contributed by atoms with E-state index in [9.17, 15) is 0 Å². The Labute approximate surface area is 159 Å². The van der Waals surface area contributed by atoms with Crippen molar-refractivity contribution < 1.29 is 0 Å². The molecule has 5 heterocycles. The largest absolute Gasteiger partial charge is 0.316 e. The number of rotatable bonds is 4. The monoisotopic (exact) mass is 378 g/mol. The number of aryl methyl sites for hydroxylation is 1. The number of pyridine rings is 2. The van der Waals surface area contributed by atoms with Gasteiger partial charge in [-0.3, -0.25) is 9.67 Å². The second kappa shape index (κ2) is 6.67. The first-order valence-electron chi connectivity index (χ1n) is 8.81. The molecule has 9 heteroatoms. The Morgan fingerprint density at radius 1 is 1.19 bits per heavy atom. The standard InChI is InChI=1S/C18H18N8S/c1-26-10-13(9-21-26)12-6-15-14(20-8-12)2-3-16(22-15)23-18-25-24-17(27-18)11-4-5-19-7-11/h2-3,6,8-11,19H,4-5,7H2,1H3,(H,22,23,25). The van der Waals surface area contributed by atoms with Gasteiger partial charge in [0.1, 0.15) is 10.8 Å². The molecule has 0 saturated carbocycles. The number of hydrogen-bond donors (Lipinski definition) is 2. The minimum atomic E-state index is 0.467. The highest BCUT2D eigenvalue weighted by Gasteiger charge is 2.20. The maximum Gasteiger partial charge on any atom is 0.211 e. The molecule has 0 spiro atoms. The molecule has 27 heavy (non-hydrogen) atoms. The average Bonchev–Trinajstić information content (AvgIpc) is 3.42. The fourth-order valence-corrected chi connectivity index (χ4v) is 4.11. The molecular formula is C18H18N8S. The molecule has 1 fully saturated rings. The van der Waals surface area contributed by atoms with Crippen LogP contribution in [0.25, 0.3) is 22.2 Å². The zero-order chi connectivity index (χ0) is 18.2. The average molecular weight is 378 g/mol. The molecule has 0 bridgehead atoms. The van der Waals surface area contributed by atoms with Crippen molar-refractivity contribution in [1.82, 2.24) is 35.3 Å². The third-order valence-corrected chi connectivity index (χ3v) is 5.66. The molecule has 1 aliphatic rings. The second-order valence-corrected chi connectivity index (χ2v) is 7.63. The van der Waals surface area contributed by atoms with E-state index in [0.717, 1.165) is 57.6 Å². The SMILES string of the molecule is Cn1cc(-c2cnc3ccc(Nc4nnc(C5CCNC5)s4)nc3c2)cn1. The van der Waals surface area contributed by atoms with E-state index in [4.69, 9.17) is 4.98 Å². The topological polar surface area (TPSA) is 93.4 Å². The molecular weight excluding hydrogens is 360 g/mol. The lowest BCUT2D eigenvalue weighted by Gasteiger charge is -2.04. The van der Waals surface area contributed by atoms with E-state index in [1.54, 1.807) is 16.0 Å². The zero-order valence-corrected chi connectivity index (χ0v) is 15.6. The number of fused-ring (bicyclic) bond motifs is 1. The lowest BCUT2D eigenvalue weighted by Crippen LogP contribution is -2.07. The predicted molar refractivity (Wildman–Crippen MR) is 105 cm³/mol. The van der Waals surface area contributed by atoms with E-state index >= 15 is 0 Å². The Bertz CT molecular complexity index is 1100. The number of nitrogens with one attached hydrogen (secondary N) is 2. The number of hydrogen-bond acceptors (Lipinski definition) is 8. The third-order valence-electron chi connectivity index (χ3n) is 4.66. The fourth-order valence-electron chi connectivity index (χ4n) is 3.23. The van der Waals surface area contributed by atoms with Gasteiger partial charge >= 0.3 is 0 Å². The molecule has 2 N–H and O–H groups in total. The molecule has 0 amide bonds. The summed E-state index contributed by atoms with van der Waals surface area (Å²) >= 11 is 1.59. The first-order chi connectivity index (χ1) is 13.2. The van der Waals surface area contributed by atoms with Gasteiger partial charge in [0, 0.05) is 43.0 Å². The van der Waals surface area contributed by atoms with Gasteiger partial charge in [-0.2, -0.15) is 5.10 Å². The van der Waals surface area contributed by atoms with Crippen LogP contribution in [0.5, 0.6) is 0 Å². The van der Waals surface area contributed by atoms with E-state index in [1.165, 1.54) is 0 Å². The first kappa shape index (κ1) is 16.3. The Hall–Kier alpha value is -2.91. The summed E-state index contributed by atoms with van der Waals surface area (Å²) in [6.45, 7) is 2.02. The molecule has 1 aliphatic heterocycles. The predicted octanol–water partition coefficient (Wildman–Crippen LogP) is 2.70. The van der Waals surface area contributed by atoms with Gasteiger partial charge in [0.25, 0.3) is 0 Å². The highest BCUT2D eigenvalue weighted by Crippen LogP contribution is 2.29. The third kappa shape index (κ3) is 3.26. The van der Waals surface area contributed by atoms with Gasteiger partial charge < -0.3 is 10.6 Å². The van der Waals surface area contributed by atoms with Crippen LogP contribution in [0, 0.1) is 0 Å². The molecule has 4 aromatic heterocycles. The number of aromatic nitrogens is 6. The molecule has 5 rings (SSSR count). The quantitative estimate of drug-likeness (QED) is 0.564. The molecule has 0 aliphatic carbocycles. The van der Waals surface area contributed by atoms with Gasteiger partial charge in [-0.25, -0.2) is 4.98 Å². The summed E-state index contributed by atoms with van der Waals surface area (Å²) < 4.78 is 1.78. The van der Waals surface area contributed by atoms with Gasteiger partial charge in [-0.05, 0) is 31.2 Å². The van der Waals surface area contributed by atoms with Gasteiger partial charge in [0.05, 0.1) is 17.2 Å². The lowest BCUT2D eigenvalue weighted by molar-refractivity contribution is 0.741. The summed E-state index contributed by atoms with van der Waals surface area (Å²) in [6, 6.07) is 5.90. The maximum atomic E-state index is 4.70. The summed E-state index contributed by atoms with van der Waals surface area (Å²) in [5, 5.41) is 21.3. The van der Waals surface area contributed by atoms with E-state index in [0.29, 0.717) is 5.92 Å². The van der Waals surface area contributed by atoms with E-state index < -0.39 is 0 Å². The van der Waals surface area contributed by atoms with Crippen molar-refractivity contribution in [3.63, 3.8) is 0 Å². The molecule has 4 aromatic rings.